The van der Waals surface area contributed by atoms with E-state index in [0.29, 0.717) is 12.2 Å². The second kappa shape index (κ2) is 7.17. The average molecular weight is 381 g/mol. The van der Waals surface area contributed by atoms with Gasteiger partial charge in [0.15, 0.2) is 18.1 Å². The summed E-state index contributed by atoms with van der Waals surface area (Å²) in [6, 6.07) is 7.37. The third kappa shape index (κ3) is 5.10. The molecule has 2 N–H and O–H groups in total. The highest BCUT2D eigenvalue weighted by Gasteiger charge is 2.32. The molecule has 0 atom stereocenters. The Morgan fingerprint density at radius 2 is 1.91 bits per heavy atom. The van der Waals surface area contributed by atoms with Gasteiger partial charge >= 0.3 is 0 Å². The summed E-state index contributed by atoms with van der Waals surface area (Å²) in [6.07, 6.45) is 1.24. The predicted octanol–water partition coefficient (Wildman–Crippen LogP) is 3.57. The van der Waals surface area contributed by atoms with E-state index in [-0.39, 0.29) is 23.7 Å². The van der Waals surface area contributed by atoms with Crippen molar-refractivity contribution in [3.05, 3.63) is 40.1 Å². The molecule has 6 heteroatoms. The highest BCUT2D eigenvalue weighted by Crippen LogP contribution is 2.36. The Morgan fingerprint density at radius 3 is 2.52 bits per heavy atom. The first-order chi connectivity index (χ1) is 10.8. The predicted molar refractivity (Wildman–Crippen MR) is 92.6 cm³/mol. The molecule has 0 aliphatic heterocycles. The van der Waals surface area contributed by atoms with E-state index in [1.54, 1.807) is 0 Å². The summed E-state index contributed by atoms with van der Waals surface area (Å²) in [6.45, 7) is 5.80. The standard InChI is InChI=1S/C17H21BrN2O3/c1-11-8-17(2,3)9-14(21)16(11)23-10-15(22)20-19-13-6-4-12(18)5-7-13/h4-7,19H,8-10H2,1-3H3,(H,20,22). The molecule has 1 aromatic rings. The molecule has 2 rings (SSSR count). The zero-order chi connectivity index (χ0) is 17.0. The van der Waals surface area contributed by atoms with Gasteiger partial charge in [-0.25, -0.2) is 0 Å². The zero-order valence-electron chi connectivity index (χ0n) is 13.5. The zero-order valence-corrected chi connectivity index (χ0v) is 15.1. The number of amides is 1. The normalized spacial score (nSPS) is 17.0. The number of allylic oxidation sites excluding steroid dienone is 2. The lowest BCUT2D eigenvalue weighted by molar-refractivity contribution is -0.127. The summed E-state index contributed by atoms with van der Waals surface area (Å²) in [5, 5.41) is 0. The van der Waals surface area contributed by atoms with Crippen molar-refractivity contribution in [1.82, 2.24) is 5.43 Å². The highest BCUT2D eigenvalue weighted by atomic mass is 79.9. The number of carbonyl (C=O) groups excluding carboxylic acids is 2. The van der Waals surface area contributed by atoms with Gasteiger partial charge in [-0.1, -0.05) is 29.8 Å². The summed E-state index contributed by atoms with van der Waals surface area (Å²) in [4.78, 5) is 23.9. The number of halogens is 1. The Morgan fingerprint density at radius 1 is 1.26 bits per heavy atom. The summed E-state index contributed by atoms with van der Waals surface area (Å²) in [7, 11) is 0. The van der Waals surface area contributed by atoms with Gasteiger partial charge in [0.1, 0.15) is 0 Å². The molecule has 1 aliphatic carbocycles. The van der Waals surface area contributed by atoms with E-state index in [1.165, 1.54) is 0 Å². The molecule has 5 nitrogen and oxygen atoms in total. The molecule has 0 aromatic heterocycles. The van der Waals surface area contributed by atoms with Crippen LogP contribution in [0.15, 0.2) is 40.1 Å². The molecule has 1 aromatic carbocycles. The fourth-order valence-electron chi connectivity index (χ4n) is 2.67. The number of hydrogen-bond acceptors (Lipinski definition) is 4. The monoisotopic (exact) mass is 380 g/mol. The third-order valence-corrected chi connectivity index (χ3v) is 4.09. The molecular weight excluding hydrogens is 360 g/mol. The maximum atomic E-state index is 12.1. The Labute approximate surface area is 144 Å². The van der Waals surface area contributed by atoms with Gasteiger partial charge < -0.3 is 4.74 Å². The van der Waals surface area contributed by atoms with E-state index >= 15 is 0 Å². The Balaban J connectivity index is 1.84. The minimum Gasteiger partial charge on any atom is -0.480 e. The molecule has 0 saturated heterocycles. The molecule has 1 aliphatic rings. The number of carbonyl (C=O) groups is 2. The van der Waals surface area contributed by atoms with Crippen molar-refractivity contribution in [2.75, 3.05) is 12.0 Å². The van der Waals surface area contributed by atoms with E-state index in [2.05, 4.69) is 40.6 Å². The van der Waals surface area contributed by atoms with E-state index in [1.807, 2.05) is 31.2 Å². The minimum atomic E-state index is -0.342. The molecule has 124 valence electrons. The van der Waals surface area contributed by atoms with Crippen molar-refractivity contribution in [1.29, 1.82) is 0 Å². The number of ether oxygens (including phenoxy) is 1. The molecule has 23 heavy (non-hydrogen) atoms. The van der Waals surface area contributed by atoms with E-state index in [4.69, 9.17) is 4.74 Å². The first-order valence-corrected chi connectivity index (χ1v) is 8.22. The number of anilines is 1. The van der Waals surface area contributed by atoms with Gasteiger partial charge in [0.2, 0.25) is 0 Å². The van der Waals surface area contributed by atoms with Crippen molar-refractivity contribution in [3.63, 3.8) is 0 Å². The Kier molecular flexibility index (Phi) is 5.46. The van der Waals surface area contributed by atoms with Gasteiger partial charge in [-0.05, 0) is 48.6 Å². The van der Waals surface area contributed by atoms with Crippen LogP contribution in [0.1, 0.15) is 33.6 Å². The lowest BCUT2D eigenvalue weighted by Crippen LogP contribution is -2.34. The van der Waals surface area contributed by atoms with Gasteiger partial charge in [-0.3, -0.25) is 20.4 Å². The van der Waals surface area contributed by atoms with Gasteiger partial charge in [-0.15, -0.1) is 0 Å². The molecule has 0 radical (unpaired) electrons. The molecule has 0 saturated carbocycles. The van der Waals surface area contributed by atoms with Crippen LogP contribution >= 0.6 is 15.9 Å². The van der Waals surface area contributed by atoms with Gasteiger partial charge in [0, 0.05) is 10.9 Å². The highest BCUT2D eigenvalue weighted by molar-refractivity contribution is 9.10. The van der Waals surface area contributed by atoms with Crippen LogP contribution in [0.2, 0.25) is 0 Å². The van der Waals surface area contributed by atoms with Crippen LogP contribution < -0.4 is 10.9 Å². The number of nitrogens with one attached hydrogen (secondary N) is 2. The first-order valence-electron chi connectivity index (χ1n) is 7.43. The summed E-state index contributed by atoms with van der Waals surface area (Å²) < 4.78 is 6.40. The van der Waals surface area contributed by atoms with Gasteiger partial charge in [0.05, 0.1) is 5.69 Å². The maximum absolute atomic E-state index is 12.1. The maximum Gasteiger partial charge on any atom is 0.276 e. The first kappa shape index (κ1) is 17.5. The number of benzene rings is 1. The number of rotatable bonds is 5. The summed E-state index contributed by atoms with van der Waals surface area (Å²) >= 11 is 3.34. The average Bonchev–Trinajstić information content (AvgIpc) is 2.44. The van der Waals surface area contributed by atoms with Crippen LogP contribution in [0.25, 0.3) is 0 Å². The van der Waals surface area contributed by atoms with Crippen LogP contribution in [-0.4, -0.2) is 18.3 Å². The summed E-state index contributed by atoms with van der Waals surface area (Å²) in [5.74, 6) is -0.0404. The number of hydrazine groups is 1. The second-order valence-electron chi connectivity index (χ2n) is 6.52. The molecule has 1 amide bonds. The van der Waals surface area contributed by atoms with Crippen molar-refractivity contribution >= 4 is 33.3 Å². The van der Waals surface area contributed by atoms with Crippen LogP contribution in [0.4, 0.5) is 5.69 Å². The molecular formula is C17H21BrN2O3. The van der Waals surface area contributed by atoms with E-state index in [0.717, 1.165) is 22.2 Å². The fraction of sp³-hybridized carbons (Fsp3) is 0.412. The van der Waals surface area contributed by atoms with Crippen LogP contribution in [0.3, 0.4) is 0 Å². The number of Topliss-reactive ketones (excluding diaryl/α,β-unsaturated/α-hetero) is 1. The van der Waals surface area contributed by atoms with E-state index in [9.17, 15) is 9.59 Å². The van der Waals surface area contributed by atoms with Gasteiger partial charge in [-0.2, -0.15) is 0 Å². The molecule has 0 bridgehead atoms. The molecule has 0 unspecified atom stereocenters. The third-order valence-electron chi connectivity index (χ3n) is 3.56. The number of ketones is 1. The Hall–Kier alpha value is -1.82. The molecule has 0 heterocycles. The van der Waals surface area contributed by atoms with Gasteiger partial charge in [0.25, 0.3) is 5.91 Å². The SMILES string of the molecule is CC1=C(OCC(=O)NNc2ccc(Br)cc2)C(=O)CC(C)(C)C1. The fourth-order valence-corrected chi connectivity index (χ4v) is 2.93. The van der Waals surface area contributed by atoms with Crippen LogP contribution in [0.5, 0.6) is 0 Å². The van der Waals surface area contributed by atoms with Crippen molar-refractivity contribution in [2.45, 2.75) is 33.6 Å². The molecule has 0 fully saturated rings. The van der Waals surface area contributed by atoms with Crippen molar-refractivity contribution < 1.29 is 14.3 Å². The van der Waals surface area contributed by atoms with Crippen molar-refractivity contribution in [2.24, 2.45) is 5.41 Å². The van der Waals surface area contributed by atoms with E-state index < -0.39 is 0 Å². The lowest BCUT2D eigenvalue weighted by Gasteiger charge is -2.30. The van der Waals surface area contributed by atoms with Crippen LogP contribution in [-0.2, 0) is 14.3 Å². The lowest BCUT2D eigenvalue weighted by atomic mass is 9.76. The smallest absolute Gasteiger partial charge is 0.276 e. The topological polar surface area (TPSA) is 67.4 Å². The molecule has 0 spiro atoms. The number of hydrogen-bond donors (Lipinski definition) is 2. The summed E-state index contributed by atoms with van der Waals surface area (Å²) in [5.41, 5.74) is 6.95. The van der Waals surface area contributed by atoms with Crippen LogP contribution in [0, 0.1) is 5.41 Å². The largest absolute Gasteiger partial charge is 0.480 e. The quantitative estimate of drug-likeness (QED) is 0.766. The van der Waals surface area contributed by atoms with Crippen molar-refractivity contribution in [3.8, 4) is 0 Å². The second-order valence-corrected chi connectivity index (χ2v) is 7.43. The Bertz CT molecular complexity index is 636. The minimum absolute atomic E-state index is 0.0348.